The smallest absolute Gasteiger partial charge is 0.231 e. The summed E-state index contributed by atoms with van der Waals surface area (Å²) in [6, 6.07) is 10.2. The summed E-state index contributed by atoms with van der Waals surface area (Å²) in [5, 5.41) is 0. The van der Waals surface area contributed by atoms with Crippen LogP contribution in [0.15, 0.2) is 30.3 Å². The molecule has 0 saturated carbocycles. The molecule has 0 aromatic heterocycles. The lowest BCUT2D eigenvalue weighted by Gasteiger charge is -2.23. The topological polar surface area (TPSA) is 44.8 Å². The van der Waals surface area contributed by atoms with Crippen molar-refractivity contribution in [3.8, 4) is 11.5 Å². The lowest BCUT2D eigenvalue weighted by Crippen LogP contribution is -2.20. The summed E-state index contributed by atoms with van der Waals surface area (Å²) in [5.41, 5.74) is 5.46. The van der Waals surface area contributed by atoms with Crippen LogP contribution in [0, 0.1) is 12.8 Å². The van der Waals surface area contributed by atoms with E-state index in [4.69, 9.17) is 14.2 Å². The predicted octanol–water partition coefficient (Wildman–Crippen LogP) is 3.45. The predicted molar refractivity (Wildman–Crippen MR) is 80.9 cm³/mol. The summed E-state index contributed by atoms with van der Waals surface area (Å²) >= 11 is 0. The number of hydrogen-bond acceptors (Lipinski definition) is 4. The molecule has 2 aromatic rings. The maximum Gasteiger partial charge on any atom is 0.231 e. The summed E-state index contributed by atoms with van der Waals surface area (Å²) in [6.45, 7) is 2.33. The minimum Gasteiger partial charge on any atom is -0.454 e. The van der Waals surface area contributed by atoms with Gasteiger partial charge in [0.05, 0.1) is 18.1 Å². The van der Waals surface area contributed by atoms with Crippen LogP contribution in [0.1, 0.15) is 50.7 Å². The zero-order valence-corrected chi connectivity index (χ0v) is 12.5. The van der Waals surface area contributed by atoms with Crippen molar-refractivity contribution >= 4 is 5.78 Å². The van der Waals surface area contributed by atoms with E-state index < -0.39 is 0 Å². The largest absolute Gasteiger partial charge is 0.454 e. The molecule has 1 saturated heterocycles. The first-order valence-corrected chi connectivity index (χ1v) is 7.96. The number of hydrogen-bond donors (Lipinski definition) is 0. The number of benzene rings is 2. The molecule has 3 heterocycles. The monoisotopic (exact) mass is 306 g/mol. The molecular formula is C19H14O4. The van der Waals surface area contributed by atoms with Gasteiger partial charge in [-0.25, -0.2) is 0 Å². The van der Waals surface area contributed by atoms with Gasteiger partial charge in [-0.2, -0.15) is 0 Å². The molecule has 0 amide bonds. The third-order valence-electron chi connectivity index (χ3n) is 5.66. The lowest BCUT2D eigenvalue weighted by molar-refractivity contribution is 0.0524. The standard InChI is InChI=1S/C19H14O4/c1-8-2-3-9-10(4-8)15-16(17(9)20)19-12-6-14-13(21-7-22-14)5-11(12)18(15)23-19/h2-6,15-16,18-19H,7H2,1H3/t15-,16-,18+,19-/m0/s1. The molecular weight excluding hydrogens is 292 g/mol. The van der Waals surface area contributed by atoms with Crippen molar-refractivity contribution in [3.63, 3.8) is 0 Å². The zero-order chi connectivity index (χ0) is 15.3. The van der Waals surface area contributed by atoms with Gasteiger partial charge < -0.3 is 14.2 Å². The van der Waals surface area contributed by atoms with Crippen LogP contribution < -0.4 is 9.47 Å². The highest BCUT2D eigenvalue weighted by Gasteiger charge is 2.60. The van der Waals surface area contributed by atoms with Gasteiger partial charge in [0.15, 0.2) is 17.3 Å². The number of carbonyl (C=O) groups excluding carboxylic acids is 1. The van der Waals surface area contributed by atoms with Gasteiger partial charge in [-0.05, 0) is 35.7 Å². The Morgan fingerprint density at radius 3 is 2.35 bits per heavy atom. The molecule has 1 fully saturated rings. The van der Waals surface area contributed by atoms with Gasteiger partial charge in [0, 0.05) is 11.5 Å². The van der Waals surface area contributed by atoms with E-state index in [1.807, 2.05) is 24.3 Å². The van der Waals surface area contributed by atoms with Crippen molar-refractivity contribution in [1.82, 2.24) is 0 Å². The molecule has 0 N–H and O–H groups in total. The van der Waals surface area contributed by atoms with E-state index in [0.29, 0.717) is 0 Å². The molecule has 4 heteroatoms. The van der Waals surface area contributed by atoms with Crippen molar-refractivity contribution in [2.75, 3.05) is 6.79 Å². The van der Waals surface area contributed by atoms with E-state index in [9.17, 15) is 4.79 Å². The zero-order valence-electron chi connectivity index (χ0n) is 12.5. The Balaban J connectivity index is 1.56. The van der Waals surface area contributed by atoms with Crippen LogP contribution >= 0.6 is 0 Å². The van der Waals surface area contributed by atoms with Crippen LogP contribution in [0.5, 0.6) is 11.5 Å². The summed E-state index contributed by atoms with van der Waals surface area (Å²) in [4.78, 5) is 12.9. The summed E-state index contributed by atoms with van der Waals surface area (Å²) in [7, 11) is 0. The molecule has 2 aromatic carbocycles. The first kappa shape index (κ1) is 12.1. The molecule has 3 aliphatic heterocycles. The van der Waals surface area contributed by atoms with E-state index in [2.05, 4.69) is 13.0 Å². The molecule has 23 heavy (non-hydrogen) atoms. The molecule has 2 bridgehead atoms. The second kappa shape index (κ2) is 3.77. The van der Waals surface area contributed by atoms with Crippen LogP contribution in [0.25, 0.3) is 0 Å². The van der Waals surface area contributed by atoms with Crippen LogP contribution in [0.2, 0.25) is 0 Å². The Bertz CT molecular complexity index is 900. The third kappa shape index (κ3) is 1.30. The van der Waals surface area contributed by atoms with Gasteiger partial charge >= 0.3 is 0 Å². The molecule has 114 valence electrons. The van der Waals surface area contributed by atoms with Gasteiger partial charge in [0.25, 0.3) is 0 Å². The molecule has 4 aliphatic rings. The van der Waals surface area contributed by atoms with Crippen LogP contribution in [0.3, 0.4) is 0 Å². The van der Waals surface area contributed by atoms with Gasteiger partial charge in [0.1, 0.15) is 0 Å². The number of ether oxygens (including phenoxy) is 3. The van der Waals surface area contributed by atoms with Crippen molar-refractivity contribution in [1.29, 1.82) is 0 Å². The Morgan fingerprint density at radius 1 is 0.913 bits per heavy atom. The van der Waals surface area contributed by atoms with Gasteiger partial charge in [-0.1, -0.05) is 23.8 Å². The van der Waals surface area contributed by atoms with Crippen molar-refractivity contribution in [3.05, 3.63) is 58.1 Å². The maximum atomic E-state index is 12.9. The maximum absolute atomic E-state index is 12.9. The van der Waals surface area contributed by atoms with E-state index in [1.165, 1.54) is 5.56 Å². The normalized spacial score (nSPS) is 31.3. The average Bonchev–Trinajstić information content (AvgIpc) is 3.27. The molecule has 0 spiro atoms. The molecule has 1 aliphatic carbocycles. The summed E-state index contributed by atoms with van der Waals surface area (Å²) < 4.78 is 17.2. The van der Waals surface area contributed by atoms with Gasteiger partial charge in [0.2, 0.25) is 6.79 Å². The number of Topliss-reactive ketones (excluding diaryl/α,β-unsaturated/α-hetero) is 1. The molecule has 4 atom stereocenters. The average molecular weight is 306 g/mol. The second-order valence-corrected chi connectivity index (χ2v) is 6.82. The Kier molecular flexibility index (Phi) is 1.99. The molecule has 0 unspecified atom stereocenters. The first-order chi connectivity index (χ1) is 11.2. The minimum atomic E-state index is -0.158. The fraction of sp³-hybridized carbons (Fsp3) is 0.316. The number of aryl methyl sites for hydroxylation is 1. The highest BCUT2D eigenvalue weighted by molar-refractivity contribution is 6.04. The highest BCUT2D eigenvalue weighted by Crippen LogP contribution is 2.65. The van der Waals surface area contributed by atoms with Crippen molar-refractivity contribution in [2.45, 2.75) is 25.0 Å². The van der Waals surface area contributed by atoms with Gasteiger partial charge in [-0.3, -0.25) is 4.79 Å². The van der Waals surface area contributed by atoms with Gasteiger partial charge in [-0.15, -0.1) is 0 Å². The molecule has 4 nitrogen and oxygen atoms in total. The van der Waals surface area contributed by atoms with E-state index >= 15 is 0 Å². The van der Waals surface area contributed by atoms with Crippen molar-refractivity contribution < 1.29 is 19.0 Å². The van der Waals surface area contributed by atoms with Crippen LogP contribution in [-0.4, -0.2) is 12.6 Å². The Hall–Kier alpha value is -2.33. The fourth-order valence-corrected chi connectivity index (χ4v) is 4.72. The SMILES string of the molecule is Cc1ccc2c(c1)[C@H]1[C@@H](C2=O)[C@H]2O[C@@H]1c1cc3c(cc12)OCO3. The lowest BCUT2D eigenvalue weighted by atomic mass is 9.75. The fourth-order valence-electron chi connectivity index (χ4n) is 4.72. The van der Waals surface area contributed by atoms with Crippen LogP contribution in [0.4, 0.5) is 0 Å². The summed E-state index contributed by atoms with van der Waals surface area (Å²) in [5.74, 6) is 1.81. The minimum absolute atomic E-state index is 0.0542. The molecule has 0 radical (unpaired) electrons. The second-order valence-electron chi connectivity index (χ2n) is 6.82. The first-order valence-electron chi connectivity index (χ1n) is 7.96. The number of carbonyl (C=O) groups is 1. The van der Waals surface area contributed by atoms with E-state index in [1.54, 1.807) is 0 Å². The Labute approximate surface area is 133 Å². The van der Waals surface area contributed by atoms with E-state index in [-0.39, 0.29) is 36.6 Å². The third-order valence-corrected chi connectivity index (χ3v) is 5.66. The Morgan fingerprint density at radius 2 is 1.61 bits per heavy atom. The number of ketones is 1. The van der Waals surface area contributed by atoms with Crippen LogP contribution in [-0.2, 0) is 4.74 Å². The highest BCUT2D eigenvalue weighted by atomic mass is 16.7. The quantitative estimate of drug-likeness (QED) is 0.748. The number of rotatable bonds is 0. The summed E-state index contributed by atoms with van der Waals surface area (Å²) in [6.07, 6.45) is -0.212. The van der Waals surface area contributed by atoms with Crippen molar-refractivity contribution in [2.24, 2.45) is 5.92 Å². The number of fused-ring (bicyclic) bond motifs is 11. The van der Waals surface area contributed by atoms with E-state index in [0.717, 1.165) is 33.8 Å². The molecule has 6 rings (SSSR count).